The second-order valence-corrected chi connectivity index (χ2v) is 7.31. The van der Waals surface area contributed by atoms with Crippen LogP contribution in [0.1, 0.15) is 5.56 Å². The third-order valence-electron chi connectivity index (χ3n) is 4.22. The number of ether oxygens (including phenoxy) is 2. The van der Waals surface area contributed by atoms with E-state index in [-0.39, 0.29) is 24.3 Å². The molecule has 1 aliphatic rings. The number of imide groups is 1. The maximum atomic E-state index is 12.6. The first kappa shape index (κ1) is 19.8. The van der Waals surface area contributed by atoms with Gasteiger partial charge in [0.2, 0.25) is 0 Å². The Bertz CT molecular complexity index is 894. The van der Waals surface area contributed by atoms with E-state index in [1.165, 1.54) is 4.90 Å². The number of methoxy groups -OCH3 is 1. The Balaban J connectivity index is 1.63. The van der Waals surface area contributed by atoms with Gasteiger partial charge in [-0.1, -0.05) is 24.3 Å². The summed E-state index contributed by atoms with van der Waals surface area (Å²) in [5, 5.41) is -0.287. The van der Waals surface area contributed by atoms with Crippen LogP contribution in [-0.4, -0.2) is 50.4 Å². The molecule has 3 rings (SSSR count). The molecule has 146 valence electrons. The number of para-hydroxylation sites is 2. The molecule has 1 saturated heterocycles. The number of carbonyl (C=O) groups is 2. The first-order chi connectivity index (χ1) is 13.5. The minimum atomic E-state index is -0.296. The number of amides is 2. The summed E-state index contributed by atoms with van der Waals surface area (Å²) in [6, 6.07) is 15.0. The third-order valence-corrected chi connectivity index (χ3v) is 5.13. The maximum Gasteiger partial charge on any atom is 0.293 e. The van der Waals surface area contributed by atoms with Crippen LogP contribution < -0.4 is 14.4 Å². The van der Waals surface area contributed by atoms with Crippen LogP contribution in [0.2, 0.25) is 0 Å². The number of nitrogens with zero attached hydrogens (tertiary/aromatic N) is 2. The number of thioether (sulfide) groups is 1. The van der Waals surface area contributed by atoms with Gasteiger partial charge in [0.25, 0.3) is 11.1 Å². The van der Waals surface area contributed by atoms with Crippen molar-refractivity contribution >= 4 is 34.7 Å². The summed E-state index contributed by atoms with van der Waals surface area (Å²) in [5.74, 6) is 0.890. The molecule has 1 aliphatic heterocycles. The Morgan fingerprint density at radius 3 is 2.36 bits per heavy atom. The maximum absolute atomic E-state index is 12.6. The molecule has 0 radical (unpaired) electrons. The lowest BCUT2D eigenvalue weighted by molar-refractivity contribution is -0.123. The second-order valence-electron chi connectivity index (χ2n) is 6.32. The molecular formula is C21H22N2O4S. The molecule has 0 unspecified atom stereocenters. The fraction of sp³-hybridized carbons (Fsp3) is 0.238. The highest BCUT2D eigenvalue weighted by atomic mass is 32.2. The molecule has 0 saturated carbocycles. The van der Waals surface area contributed by atoms with Crippen LogP contribution >= 0.6 is 11.8 Å². The van der Waals surface area contributed by atoms with E-state index in [4.69, 9.17) is 9.47 Å². The highest BCUT2D eigenvalue weighted by Crippen LogP contribution is 2.32. The number of rotatable bonds is 7. The smallest absolute Gasteiger partial charge is 0.293 e. The Morgan fingerprint density at radius 1 is 1.04 bits per heavy atom. The second kappa shape index (κ2) is 8.84. The van der Waals surface area contributed by atoms with E-state index in [0.717, 1.165) is 23.0 Å². The minimum Gasteiger partial charge on any atom is -0.493 e. The molecule has 0 aromatic heterocycles. The molecule has 0 bridgehead atoms. The predicted molar refractivity (Wildman–Crippen MR) is 112 cm³/mol. The summed E-state index contributed by atoms with van der Waals surface area (Å²) in [7, 11) is 5.50. The van der Waals surface area contributed by atoms with E-state index in [9.17, 15) is 9.59 Å². The lowest BCUT2D eigenvalue weighted by atomic mass is 10.2. The Kier molecular flexibility index (Phi) is 6.26. The minimum absolute atomic E-state index is 0.180. The normalized spacial score (nSPS) is 15.2. The van der Waals surface area contributed by atoms with Gasteiger partial charge in [-0.25, -0.2) is 0 Å². The molecule has 7 heteroatoms. The third kappa shape index (κ3) is 4.48. The van der Waals surface area contributed by atoms with Crippen LogP contribution in [0.5, 0.6) is 11.5 Å². The molecule has 1 heterocycles. The van der Waals surface area contributed by atoms with Gasteiger partial charge in [-0.3, -0.25) is 14.5 Å². The van der Waals surface area contributed by atoms with Crippen LogP contribution in [0.3, 0.4) is 0 Å². The zero-order chi connectivity index (χ0) is 20.1. The molecule has 2 aromatic rings. The van der Waals surface area contributed by atoms with Gasteiger partial charge in [0.05, 0.1) is 18.6 Å². The molecule has 2 aromatic carbocycles. The van der Waals surface area contributed by atoms with Gasteiger partial charge in [-0.05, 0) is 47.7 Å². The topological polar surface area (TPSA) is 59.1 Å². The molecule has 0 N–H and O–H groups in total. The quantitative estimate of drug-likeness (QED) is 0.660. The Hall–Kier alpha value is -2.93. The van der Waals surface area contributed by atoms with E-state index in [1.807, 2.05) is 55.4 Å². The van der Waals surface area contributed by atoms with Gasteiger partial charge in [0.1, 0.15) is 6.61 Å². The monoisotopic (exact) mass is 398 g/mol. The first-order valence-electron chi connectivity index (χ1n) is 8.78. The highest BCUT2D eigenvalue weighted by molar-refractivity contribution is 8.18. The highest BCUT2D eigenvalue weighted by Gasteiger charge is 2.34. The zero-order valence-corrected chi connectivity index (χ0v) is 16.9. The summed E-state index contributed by atoms with van der Waals surface area (Å²) in [6.45, 7) is 0.378. The average molecular weight is 398 g/mol. The number of hydrogen-bond donors (Lipinski definition) is 0. The fourth-order valence-corrected chi connectivity index (χ4v) is 3.56. The van der Waals surface area contributed by atoms with Crippen molar-refractivity contribution < 1.29 is 19.1 Å². The predicted octanol–water partition coefficient (Wildman–Crippen LogP) is 3.88. The van der Waals surface area contributed by atoms with Crippen molar-refractivity contribution in [1.29, 1.82) is 0 Å². The van der Waals surface area contributed by atoms with Crippen LogP contribution in [0.4, 0.5) is 10.5 Å². The van der Waals surface area contributed by atoms with E-state index < -0.39 is 0 Å². The van der Waals surface area contributed by atoms with Crippen molar-refractivity contribution in [2.75, 3.05) is 39.3 Å². The average Bonchev–Trinajstić information content (AvgIpc) is 2.96. The van der Waals surface area contributed by atoms with E-state index in [1.54, 1.807) is 25.3 Å². The van der Waals surface area contributed by atoms with Crippen LogP contribution in [-0.2, 0) is 4.79 Å². The van der Waals surface area contributed by atoms with Crippen molar-refractivity contribution in [3.05, 3.63) is 59.0 Å². The lowest BCUT2D eigenvalue weighted by Crippen LogP contribution is -2.32. The van der Waals surface area contributed by atoms with E-state index >= 15 is 0 Å². The van der Waals surface area contributed by atoms with Crippen molar-refractivity contribution in [3.63, 3.8) is 0 Å². The van der Waals surface area contributed by atoms with Crippen molar-refractivity contribution in [3.8, 4) is 11.5 Å². The fourth-order valence-electron chi connectivity index (χ4n) is 2.70. The summed E-state index contributed by atoms with van der Waals surface area (Å²) >= 11 is 0.949. The van der Waals surface area contributed by atoms with Gasteiger partial charge in [0, 0.05) is 19.8 Å². The molecule has 6 nitrogen and oxygen atoms in total. The first-order valence-corrected chi connectivity index (χ1v) is 9.60. The summed E-state index contributed by atoms with van der Waals surface area (Å²) in [6.07, 6.45) is 1.74. The van der Waals surface area contributed by atoms with Gasteiger partial charge in [-0.2, -0.15) is 0 Å². The molecule has 28 heavy (non-hydrogen) atoms. The van der Waals surface area contributed by atoms with Gasteiger partial charge >= 0.3 is 0 Å². The van der Waals surface area contributed by atoms with Crippen molar-refractivity contribution in [1.82, 2.24) is 4.90 Å². The number of anilines is 1. The largest absolute Gasteiger partial charge is 0.493 e. The molecular weight excluding hydrogens is 376 g/mol. The molecule has 2 amide bonds. The van der Waals surface area contributed by atoms with E-state index in [2.05, 4.69) is 0 Å². The summed E-state index contributed by atoms with van der Waals surface area (Å²) in [5.41, 5.74) is 1.94. The van der Waals surface area contributed by atoms with Gasteiger partial charge in [-0.15, -0.1) is 0 Å². The number of carbonyl (C=O) groups excluding carboxylic acids is 2. The number of hydrogen-bond acceptors (Lipinski definition) is 6. The summed E-state index contributed by atoms with van der Waals surface area (Å²) < 4.78 is 10.9. The van der Waals surface area contributed by atoms with Gasteiger partial charge < -0.3 is 14.4 Å². The van der Waals surface area contributed by atoms with Crippen LogP contribution in [0.25, 0.3) is 6.08 Å². The SMILES string of the molecule is COc1ccccc1OCCN1C(=O)S/C(=C/c2ccc(N(C)C)cc2)C1=O. The zero-order valence-electron chi connectivity index (χ0n) is 16.0. The Morgan fingerprint density at radius 2 is 1.71 bits per heavy atom. The van der Waals surface area contributed by atoms with Gasteiger partial charge in [0.15, 0.2) is 11.5 Å². The molecule has 0 aliphatic carbocycles. The lowest BCUT2D eigenvalue weighted by Gasteiger charge is -2.14. The van der Waals surface area contributed by atoms with Crippen molar-refractivity contribution in [2.45, 2.75) is 0 Å². The molecule has 0 spiro atoms. The standard InChI is InChI=1S/C21H22N2O4S/c1-22(2)16-10-8-15(9-11-16)14-19-20(24)23(21(25)28-19)12-13-27-18-7-5-4-6-17(18)26-3/h4-11,14H,12-13H2,1-3H3/b19-14+. The number of benzene rings is 2. The summed E-state index contributed by atoms with van der Waals surface area (Å²) in [4.78, 5) is 28.4. The van der Waals surface area contributed by atoms with Crippen molar-refractivity contribution in [2.24, 2.45) is 0 Å². The van der Waals surface area contributed by atoms with E-state index in [0.29, 0.717) is 16.4 Å². The molecule has 1 fully saturated rings. The van der Waals surface area contributed by atoms with Crippen LogP contribution in [0.15, 0.2) is 53.4 Å². The molecule has 0 atom stereocenters. The Labute approximate surface area is 168 Å². The van der Waals surface area contributed by atoms with Crippen LogP contribution in [0, 0.1) is 0 Å².